The molecule has 288 valence electrons. The predicted octanol–water partition coefficient (Wildman–Crippen LogP) is 4.88. The van der Waals surface area contributed by atoms with E-state index >= 15 is 0 Å². The molecule has 12 heteroatoms. The third-order valence-corrected chi connectivity index (χ3v) is 11.4. The first-order valence-electron chi connectivity index (χ1n) is 18.3. The van der Waals surface area contributed by atoms with Crippen molar-refractivity contribution in [2.75, 3.05) is 51.4 Å². The van der Waals surface area contributed by atoms with Gasteiger partial charge in [-0.05, 0) is 93.3 Å². The van der Waals surface area contributed by atoms with Crippen LogP contribution in [0.4, 0.5) is 5.69 Å². The molecule has 1 aliphatic rings. The van der Waals surface area contributed by atoms with E-state index < -0.39 is 34.0 Å². The maximum atomic E-state index is 14.1. The summed E-state index contributed by atoms with van der Waals surface area (Å²) in [6, 6.07) is 30.8. The Bertz CT molecular complexity index is 1950. The van der Waals surface area contributed by atoms with Gasteiger partial charge in [0.2, 0.25) is 10.0 Å². The van der Waals surface area contributed by atoms with E-state index in [2.05, 4.69) is 32.6 Å². The maximum absolute atomic E-state index is 14.1. The molecule has 0 unspecified atom stereocenters. The van der Waals surface area contributed by atoms with E-state index in [0.717, 1.165) is 59.9 Å². The second kappa shape index (κ2) is 18.5. The Labute approximate surface area is 320 Å². The van der Waals surface area contributed by atoms with Crippen molar-refractivity contribution in [1.29, 1.82) is 0 Å². The highest BCUT2D eigenvalue weighted by atomic mass is 32.2. The molecular weight excluding hydrogens is 703 g/mol. The van der Waals surface area contributed by atoms with E-state index in [1.54, 1.807) is 7.11 Å². The molecule has 1 aliphatic heterocycles. The van der Waals surface area contributed by atoms with Crippen molar-refractivity contribution < 1.29 is 27.9 Å². The van der Waals surface area contributed by atoms with Crippen molar-refractivity contribution in [2.45, 2.75) is 57.0 Å². The Morgan fingerprint density at radius 1 is 0.852 bits per heavy atom. The first-order chi connectivity index (χ1) is 25.8. The molecule has 54 heavy (non-hydrogen) atoms. The number of carbonyl (C=O) groups is 2. The molecule has 11 nitrogen and oxygen atoms in total. The molecule has 4 aromatic rings. The van der Waals surface area contributed by atoms with Crippen molar-refractivity contribution in [3.8, 4) is 5.75 Å². The Kier molecular flexibility index (Phi) is 13.9. The fourth-order valence-corrected chi connectivity index (χ4v) is 7.36. The van der Waals surface area contributed by atoms with Crippen molar-refractivity contribution in [1.82, 2.24) is 20.4 Å². The fourth-order valence-electron chi connectivity index (χ4n) is 6.87. The van der Waals surface area contributed by atoms with Crippen LogP contribution in [0.15, 0.2) is 103 Å². The Morgan fingerprint density at radius 3 is 2.06 bits per heavy atom. The Balaban J connectivity index is 1.31. The van der Waals surface area contributed by atoms with Gasteiger partial charge in [-0.15, -0.1) is 0 Å². The average Bonchev–Trinajstić information content (AvgIpc) is 3.17. The zero-order valence-electron chi connectivity index (χ0n) is 31.8. The molecule has 0 saturated carbocycles. The van der Waals surface area contributed by atoms with Gasteiger partial charge in [0, 0.05) is 37.3 Å². The first-order valence-corrected chi connectivity index (χ1v) is 20.2. The third-order valence-electron chi connectivity index (χ3n) is 10.2. The van der Waals surface area contributed by atoms with Gasteiger partial charge in [0.05, 0.1) is 37.2 Å². The lowest BCUT2D eigenvalue weighted by Crippen LogP contribution is -2.52. The van der Waals surface area contributed by atoms with Crippen molar-refractivity contribution >= 4 is 27.5 Å². The van der Waals surface area contributed by atoms with Crippen LogP contribution in [0, 0.1) is 0 Å². The fraction of sp³-hybridized carbons (Fsp3) is 0.381. The number of likely N-dealkylation sites (tertiary alicyclic amines) is 1. The summed E-state index contributed by atoms with van der Waals surface area (Å²) in [6.45, 7) is 4.87. The van der Waals surface area contributed by atoms with E-state index in [0.29, 0.717) is 13.0 Å². The van der Waals surface area contributed by atoms with Crippen molar-refractivity contribution in [3.63, 3.8) is 0 Å². The summed E-state index contributed by atoms with van der Waals surface area (Å²) in [5.41, 5.74) is 3.45. The number of hydrogen-bond donors (Lipinski definition) is 3. The number of nitrogens with zero attached hydrogens (tertiary/aromatic N) is 3. The number of likely N-dealkylation sites (N-methyl/N-ethyl adjacent to an activating group) is 1. The number of rotatable bonds is 16. The molecule has 0 spiro atoms. The Hall–Kier alpha value is -4.75. The minimum Gasteiger partial charge on any atom is -0.497 e. The number of benzene rings is 4. The van der Waals surface area contributed by atoms with Gasteiger partial charge in [0.15, 0.2) is 0 Å². The maximum Gasteiger partial charge on any atom is 0.251 e. The number of carbonyl (C=O) groups excluding carboxylic acids is 2. The highest BCUT2D eigenvalue weighted by Gasteiger charge is 2.29. The number of anilines is 1. The largest absolute Gasteiger partial charge is 0.497 e. The minimum absolute atomic E-state index is 0.0996. The van der Waals surface area contributed by atoms with Crippen molar-refractivity contribution in [3.05, 3.63) is 131 Å². The van der Waals surface area contributed by atoms with E-state index in [1.165, 1.54) is 30.8 Å². The lowest BCUT2D eigenvalue weighted by atomic mass is 9.98. The average molecular weight is 756 g/mol. The van der Waals surface area contributed by atoms with Crippen LogP contribution in [0.1, 0.15) is 63.2 Å². The molecule has 3 N–H and O–H groups in total. The van der Waals surface area contributed by atoms with Crippen LogP contribution in [-0.2, 0) is 23.0 Å². The van der Waals surface area contributed by atoms with Gasteiger partial charge < -0.3 is 25.4 Å². The third kappa shape index (κ3) is 11.1. The van der Waals surface area contributed by atoms with E-state index in [9.17, 15) is 23.1 Å². The summed E-state index contributed by atoms with van der Waals surface area (Å²) >= 11 is 0. The normalized spacial score (nSPS) is 15.6. The second-order valence-corrected chi connectivity index (χ2v) is 16.3. The first kappa shape index (κ1) is 40.4. The molecule has 1 heterocycles. The molecule has 3 atom stereocenters. The highest BCUT2D eigenvalue weighted by Crippen LogP contribution is 2.24. The summed E-state index contributed by atoms with van der Waals surface area (Å²) in [5, 5.41) is 17.7. The molecule has 0 aromatic heterocycles. The van der Waals surface area contributed by atoms with Gasteiger partial charge in [-0.25, -0.2) is 8.42 Å². The molecule has 5 rings (SSSR count). The van der Waals surface area contributed by atoms with Gasteiger partial charge in [-0.2, -0.15) is 0 Å². The van der Waals surface area contributed by atoms with Crippen LogP contribution in [0.5, 0.6) is 5.75 Å². The summed E-state index contributed by atoms with van der Waals surface area (Å²) in [5.74, 6) is -0.139. The van der Waals surface area contributed by atoms with Crippen LogP contribution in [0.2, 0.25) is 0 Å². The summed E-state index contributed by atoms with van der Waals surface area (Å²) in [6.07, 6.45) is 2.38. The molecule has 4 aromatic carbocycles. The van der Waals surface area contributed by atoms with Gasteiger partial charge in [-0.3, -0.25) is 18.8 Å². The number of nitrogens with one attached hydrogen (secondary N) is 2. The smallest absolute Gasteiger partial charge is 0.251 e. The standard InChI is InChI=1S/C42H53N5O6S/c1-30(33-16-10-7-11-17-33)43-41(49)34-25-35(27-37(26-34)46(3)54(5,51)52)42(50)44-39(24-31-13-8-6-9-14-31)40(48)29-45(2)36-19-21-47(22-20-36)28-32-15-12-18-38(23-32)53-4/h6-18,23,25-27,30,36,39-40,48H,19-22,24,28-29H2,1-5H3,(H,43,49)(H,44,50)/t30-,39+,40-/m1/s1. The molecular formula is C42H53N5O6S. The Morgan fingerprint density at radius 2 is 1.44 bits per heavy atom. The van der Waals surface area contributed by atoms with Gasteiger partial charge in [0.25, 0.3) is 11.8 Å². The number of amides is 2. The number of aliphatic hydroxyl groups is 1. The summed E-state index contributed by atoms with van der Waals surface area (Å²) in [7, 11) is 1.35. The number of sulfonamides is 1. The molecule has 1 saturated heterocycles. The van der Waals surface area contributed by atoms with Gasteiger partial charge >= 0.3 is 0 Å². The quantitative estimate of drug-likeness (QED) is 0.148. The number of piperidine rings is 1. The van der Waals surface area contributed by atoms with Crippen LogP contribution in [-0.4, -0.2) is 100 Å². The lowest BCUT2D eigenvalue weighted by Gasteiger charge is -2.38. The number of aliphatic hydroxyl groups excluding tert-OH is 1. The van der Waals surface area contributed by atoms with Crippen LogP contribution in [0.3, 0.4) is 0 Å². The zero-order valence-corrected chi connectivity index (χ0v) is 32.6. The lowest BCUT2D eigenvalue weighted by molar-refractivity contribution is 0.0493. The molecule has 2 amide bonds. The molecule has 0 radical (unpaired) electrons. The summed E-state index contributed by atoms with van der Waals surface area (Å²) < 4.78 is 31.6. The molecule has 1 fully saturated rings. The van der Waals surface area contributed by atoms with Crippen LogP contribution < -0.4 is 19.7 Å². The van der Waals surface area contributed by atoms with Crippen LogP contribution >= 0.6 is 0 Å². The summed E-state index contributed by atoms with van der Waals surface area (Å²) in [4.78, 5) is 32.2. The topological polar surface area (TPSA) is 132 Å². The molecule has 0 aliphatic carbocycles. The highest BCUT2D eigenvalue weighted by molar-refractivity contribution is 7.92. The minimum atomic E-state index is -3.71. The predicted molar refractivity (Wildman–Crippen MR) is 213 cm³/mol. The SMILES string of the molecule is COc1cccc(CN2CCC(N(C)C[C@@H](O)[C@H](Cc3ccccc3)NC(=O)c3cc(C(=O)N[C@H](C)c4ccccc4)cc(N(C)S(C)(=O)=O)c3)CC2)c1. The van der Waals surface area contributed by atoms with E-state index in [1.807, 2.05) is 86.8 Å². The molecule has 0 bridgehead atoms. The number of hydrogen-bond acceptors (Lipinski definition) is 8. The van der Waals surface area contributed by atoms with Gasteiger partial charge in [0.1, 0.15) is 5.75 Å². The second-order valence-electron chi connectivity index (χ2n) is 14.2. The van der Waals surface area contributed by atoms with E-state index in [-0.39, 0.29) is 28.9 Å². The van der Waals surface area contributed by atoms with Gasteiger partial charge in [-0.1, -0.05) is 72.8 Å². The van der Waals surface area contributed by atoms with E-state index in [4.69, 9.17) is 4.74 Å². The van der Waals surface area contributed by atoms with Crippen molar-refractivity contribution in [2.24, 2.45) is 0 Å². The monoisotopic (exact) mass is 755 g/mol. The van der Waals surface area contributed by atoms with Crippen LogP contribution in [0.25, 0.3) is 0 Å². The number of methoxy groups -OCH3 is 1. The zero-order chi connectivity index (χ0) is 38.8. The number of ether oxygens (including phenoxy) is 1.